The van der Waals surface area contributed by atoms with E-state index in [0.717, 1.165) is 36.0 Å². The third-order valence-corrected chi connectivity index (χ3v) is 6.92. The number of carbonyl (C=O) groups is 1. The molecule has 3 aliphatic heterocycles. The van der Waals surface area contributed by atoms with E-state index in [9.17, 15) is 4.79 Å². The molecule has 0 saturated carbocycles. The van der Waals surface area contributed by atoms with E-state index < -0.39 is 0 Å². The maximum atomic E-state index is 13.1. The molecule has 4 nitrogen and oxygen atoms in total. The minimum atomic E-state index is -0.297. The van der Waals surface area contributed by atoms with Gasteiger partial charge in [-0.3, -0.25) is 4.98 Å². The second kappa shape index (κ2) is 8.04. The number of rotatable bonds is 5. The fraction of sp³-hybridized carbons (Fsp3) is 0.308. The molecule has 5 atom stereocenters. The number of hydrogen-bond donors (Lipinski definition) is 1. The van der Waals surface area contributed by atoms with Gasteiger partial charge in [0.25, 0.3) is 0 Å². The van der Waals surface area contributed by atoms with Crippen LogP contribution in [0, 0.1) is 11.8 Å². The summed E-state index contributed by atoms with van der Waals surface area (Å²) in [5.74, 6) is 0.921. The lowest BCUT2D eigenvalue weighted by Gasteiger charge is -2.48. The Morgan fingerprint density at radius 3 is 2.70 bits per heavy atom. The Morgan fingerprint density at radius 1 is 1.13 bits per heavy atom. The Bertz CT molecular complexity index is 1060. The van der Waals surface area contributed by atoms with Crippen molar-refractivity contribution in [3.8, 4) is 0 Å². The molecule has 3 aromatic rings. The molecular weight excluding hydrogens is 372 g/mol. The van der Waals surface area contributed by atoms with Crippen molar-refractivity contribution in [2.75, 3.05) is 13.1 Å². The lowest BCUT2D eigenvalue weighted by atomic mass is 9.73. The number of nitrogens with zero attached hydrogens (tertiary/aromatic N) is 1. The van der Waals surface area contributed by atoms with Crippen molar-refractivity contribution < 1.29 is 14.4 Å². The van der Waals surface area contributed by atoms with Gasteiger partial charge in [0.05, 0.1) is 24.2 Å². The molecule has 2 bridgehead atoms. The molecule has 6 rings (SSSR count). The van der Waals surface area contributed by atoms with Crippen LogP contribution in [0.5, 0.6) is 0 Å². The maximum Gasteiger partial charge on any atom is 0.338 e. The Balaban J connectivity index is 1.54. The predicted octanol–water partition coefficient (Wildman–Crippen LogP) is 3.61. The molecule has 4 heteroatoms. The van der Waals surface area contributed by atoms with Crippen molar-refractivity contribution in [3.63, 3.8) is 0 Å². The monoisotopic (exact) mass is 399 g/mol. The van der Waals surface area contributed by atoms with Gasteiger partial charge in [-0.05, 0) is 30.2 Å². The van der Waals surface area contributed by atoms with E-state index >= 15 is 0 Å². The van der Waals surface area contributed by atoms with Crippen LogP contribution in [0.2, 0.25) is 0 Å². The van der Waals surface area contributed by atoms with E-state index in [1.165, 1.54) is 11.3 Å². The van der Waals surface area contributed by atoms with Crippen LogP contribution in [-0.2, 0) is 4.74 Å². The summed E-state index contributed by atoms with van der Waals surface area (Å²) in [6.45, 7) is 6.25. The highest BCUT2D eigenvalue weighted by atomic mass is 16.5. The summed E-state index contributed by atoms with van der Waals surface area (Å²) in [7, 11) is 0. The van der Waals surface area contributed by atoms with Gasteiger partial charge in [0.15, 0.2) is 6.10 Å². The summed E-state index contributed by atoms with van der Waals surface area (Å²) in [4.78, 5) is 19.1. The van der Waals surface area contributed by atoms with Crippen LogP contribution < -0.4 is 4.90 Å². The fourth-order valence-electron chi connectivity index (χ4n) is 5.38. The maximum absolute atomic E-state index is 13.1. The number of benzene rings is 2. The number of ether oxygens (including phenoxy) is 1. The quantitative estimate of drug-likeness (QED) is 0.527. The summed E-state index contributed by atoms with van der Waals surface area (Å²) >= 11 is 0. The van der Waals surface area contributed by atoms with Gasteiger partial charge in [0.2, 0.25) is 0 Å². The molecule has 1 aromatic heterocycles. The van der Waals surface area contributed by atoms with Crippen molar-refractivity contribution in [3.05, 3.63) is 90.6 Å². The first kappa shape index (κ1) is 19.0. The lowest BCUT2D eigenvalue weighted by Crippen LogP contribution is -3.20. The lowest BCUT2D eigenvalue weighted by molar-refractivity contribution is -0.949. The highest BCUT2D eigenvalue weighted by Gasteiger charge is 2.47. The van der Waals surface area contributed by atoms with Gasteiger partial charge in [-0.1, -0.05) is 42.5 Å². The molecular formula is C26H27N2O2+. The number of hydrogen-bond acceptors (Lipinski definition) is 3. The SMILES string of the molecule is C=CC1C[NH+]2CCC1CC2C(OC(=O)c1ccccc1)c1ccnc2ccccc12. The minimum Gasteiger partial charge on any atom is -0.447 e. The normalized spacial score (nSPS) is 26.3. The Labute approximate surface area is 177 Å². The first-order valence-corrected chi connectivity index (χ1v) is 10.8. The van der Waals surface area contributed by atoms with Gasteiger partial charge in [0, 0.05) is 35.9 Å². The van der Waals surface area contributed by atoms with Gasteiger partial charge >= 0.3 is 5.97 Å². The first-order chi connectivity index (χ1) is 14.7. The number of nitrogens with one attached hydrogen (secondary N) is 1. The standard InChI is InChI=1S/C26H26N2O2/c1-2-18-17-28-15-13-20(18)16-24(28)25(30-26(29)19-8-4-3-5-9-19)22-12-14-27-23-11-7-6-10-21(22)23/h2-12,14,18,20,24-25H,1,13,15-17H2/p+1. The number of piperidine rings is 3. The summed E-state index contributed by atoms with van der Waals surface area (Å²) in [5, 5.41) is 1.06. The molecule has 0 spiro atoms. The molecule has 0 radical (unpaired) electrons. The van der Waals surface area contributed by atoms with Gasteiger partial charge in [-0.15, -0.1) is 6.58 Å². The number of para-hydroxylation sites is 1. The summed E-state index contributed by atoms with van der Waals surface area (Å²) in [6.07, 6.45) is 5.93. The third kappa shape index (κ3) is 3.41. The van der Waals surface area contributed by atoms with Crippen molar-refractivity contribution in [1.29, 1.82) is 0 Å². The summed E-state index contributed by atoms with van der Waals surface area (Å²) < 4.78 is 6.28. The van der Waals surface area contributed by atoms with Crippen LogP contribution >= 0.6 is 0 Å². The van der Waals surface area contributed by atoms with E-state index in [4.69, 9.17) is 4.74 Å². The van der Waals surface area contributed by atoms with Crippen molar-refractivity contribution in [1.82, 2.24) is 4.98 Å². The molecule has 30 heavy (non-hydrogen) atoms. The van der Waals surface area contributed by atoms with E-state index in [-0.39, 0.29) is 18.1 Å². The van der Waals surface area contributed by atoms with Gasteiger partial charge in [-0.2, -0.15) is 0 Å². The summed E-state index contributed by atoms with van der Waals surface area (Å²) in [6, 6.07) is 19.7. The van der Waals surface area contributed by atoms with Crippen molar-refractivity contribution in [2.24, 2.45) is 11.8 Å². The van der Waals surface area contributed by atoms with Crippen LogP contribution in [0.25, 0.3) is 10.9 Å². The number of fused-ring (bicyclic) bond motifs is 4. The van der Waals surface area contributed by atoms with E-state index in [1.807, 2.05) is 60.8 Å². The molecule has 3 saturated heterocycles. The first-order valence-electron chi connectivity index (χ1n) is 10.8. The second-order valence-corrected chi connectivity index (χ2v) is 8.51. The van der Waals surface area contributed by atoms with Gasteiger partial charge in [0.1, 0.15) is 6.04 Å². The number of esters is 1. The molecule has 3 fully saturated rings. The van der Waals surface area contributed by atoms with Crippen LogP contribution in [0.4, 0.5) is 0 Å². The van der Waals surface area contributed by atoms with E-state index in [0.29, 0.717) is 17.4 Å². The van der Waals surface area contributed by atoms with E-state index in [1.54, 1.807) is 0 Å². The number of aromatic nitrogens is 1. The van der Waals surface area contributed by atoms with Crippen LogP contribution in [-0.4, -0.2) is 30.1 Å². The van der Waals surface area contributed by atoms with Gasteiger partial charge in [-0.25, -0.2) is 4.79 Å². The molecule has 0 amide bonds. The fourth-order valence-corrected chi connectivity index (χ4v) is 5.38. The largest absolute Gasteiger partial charge is 0.447 e. The number of pyridine rings is 1. The third-order valence-electron chi connectivity index (χ3n) is 6.92. The highest BCUT2D eigenvalue weighted by Crippen LogP contribution is 2.36. The second-order valence-electron chi connectivity index (χ2n) is 8.51. The van der Waals surface area contributed by atoms with Crippen molar-refractivity contribution >= 4 is 16.9 Å². The molecule has 2 aromatic carbocycles. The van der Waals surface area contributed by atoms with Crippen LogP contribution in [0.3, 0.4) is 0 Å². The number of carbonyl (C=O) groups excluding carboxylic acids is 1. The molecule has 4 heterocycles. The Kier molecular flexibility index (Phi) is 5.09. The molecule has 1 N–H and O–H groups in total. The van der Waals surface area contributed by atoms with Crippen LogP contribution in [0.15, 0.2) is 79.5 Å². The highest BCUT2D eigenvalue weighted by molar-refractivity contribution is 5.90. The molecule has 5 unspecified atom stereocenters. The zero-order chi connectivity index (χ0) is 20.5. The smallest absolute Gasteiger partial charge is 0.338 e. The van der Waals surface area contributed by atoms with Gasteiger partial charge < -0.3 is 9.64 Å². The summed E-state index contributed by atoms with van der Waals surface area (Å²) in [5.41, 5.74) is 2.59. The average molecular weight is 400 g/mol. The van der Waals surface area contributed by atoms with E-state index in [2.05, 4.69) is 23.7 Å². The predicted molar refractivity (Wildman–Crippen MR) is 117 cm³/mol. The topological polar surface area (TPSA) is 43.6 Å². The molecule has 152 valence electrons. The van der Waals surface area contributed by atoms with Crippen molar-refractivity contribution in [2.45, 2.75) is 25.0 Å². The zero-order valence-electron chi connectivity index (χ0n) is 17.0. The zero-order valence-corrected chi connectivity index (χ0v) is 17.0. The Hall–Kier alpha value is -2.98. The molecule has 3 aliphatic rings. The minimum absolute atomic E-state index is 0.249. The van der Waals surface area contributed by atoms with Crippen LogP contribution in [0.1, 0.15) is 34.9 Å². The average Bonchev–Trinajstić information content (AvgIpc) is 2.83. The molecule has 0 aliphatic carbocycles. The Morgan fingerprint density at radius 2 is 1.93 bits per heavy atom. The number of quaternary nitrogens is 1.